The molecule has 0 aliphatic carbocycles. The molecule has 2 amide bonds. The smallest absolute Gasteiger partial charge is 0.253 e. The second-order valence-electron chi connectivity index (χ2n) is 6.69. The summed E-state index contributed by atoms with van der Waals surface area (Å²) in [5, 5.41) is 7.93. The minimum Gasteiger partial charge on any atom is -0.355 e. The van der Waals surface area contributed by atoms with E-state index in [0.717, 1.165) is 22.0 Å². The van der Waals surface area contributed by atoms with Gasteiger partial charge in [0.1, 0.15) is 5.92 Å². The maximum Gasteiger partial charge on any atom is 0.253 e. The Labute approximate surface area is 156 Å². The monoisotopic (exact) mass is 360 g/mol. The van der Waals surface area contributed by atoms with Crippen LogP contribution in [-0.4, -0.2) is 29.1 Å². The van der Waals surface area contributed by atoms with Crippen molar-refractivity contribution in [2.24, 2.45) is 18.1 Å². The van der Waals surface area contributed by atoms with Crippen LogP contribution in [0, 0.1) is 5.92 Å². The van der Waals surface area contributed by atoms with Crippen molar-refractivity contribution >= 4 is 28.9 Å². The fraction of sp³-hybridized carbons (Fsp3) is 0.190. The third-order valence-electron chi connectivity index (χ3n) is 5.00. The first-order valence-corrected chi connectivity index (χ1v) is 8.85. The lowest BCUT2D eigenvalue weighted by molar-refractivity contribution is -0.133. The SMILES string of the molecule is Cn1cc(C=NNC(=O)C2C(=O)NCC2c2ccccc2)c2ccccc21. The average Bonchev–Trinajstić information content (AvgIpc) is 3.23. The van der Waals surface area contributed by atoms with Crippen molar-refractivity contribution in [1.82, 2.24) is 15.3 Å². The Kier molecular flexibility index (Phi) is 4.46. The third-order valence-corrected chi connectivity index (χ3v) is 5.00. The Morgan fingerprint density at radius 3 is 2.74 bits per heavy atom. The molecule has 2 atom stereocenters. The molecule has 2 N–H and O–H groups in total. The van der Waals surface area contributed by atoms with E-state index in [1.165, 1.54) is 0 Å². The van der Waals surface area contributed by atoms with E-state index in [9.17, 15) is 9.59 Å². The van der Waals surface area contributed by atoms with E-state index in [1.807, 2.05) is 72.4 Å². The van der Waals surface area contributed by atoms with Crippen molar-refractivity contribution in [3.63, 3.8) is 0 Å². The summed E-state index contributed by atoms with van der Waals surface area (Å²) in [7, 11) is 1.96. The molecule has 6 nitrogen and oxygen atoms in total. The van der Waals surface area contributed by atoms with E-state index in [1.54, 1.807) is 6.21 Å². The number of aryl methyl sites for hydroxylation is 1. The van der Waals surface area contributed by atoms with Gasteiger partial charge in [-0.1, -0.05) is 48.5 Å². The lowest BCUT2D eigenvalue weighted by Crippen LogP contribution is -2.34. The molecule has 0 spiro atoms. The number of carbonyl (C=O) groups is 2. The Morgan fingerprint density at radius 1 is 1.19 bits per heavy atom. The van der Waals surface area contributed by atoms with Crippen molar-refractivity contribution in [2.75, 3.05) is 6.54 Å². The summed E-state index contributed by atoms with van der Waals surface area (Å²) in [6.45, 7) is 0.452. The minimum absolute atomic E-state index is 0.188. The summed E-state index contributed by atoms with van der Waals surface area (Å²) in [5.74, 6) is -1.62. The molecule has 27 heavy (non-hydrogen) atoms. The van der Waals surface area contributed by atoms with Crippen LogP contribution in [0.4, 0.5) is 0 Å². The van der Waals surface area contributed by atoms with Gasteiger partial charge in [-0.3, -0.25) is 9.59 Å². The quantitative estimate of drug-likeness (QED) is 0.425. The third kappa shape index (κ3) is 3.21. The molecule has 3 aromatic rings. The van der Waals surface area contributed by atoms with Crippen LogP contribution in [0.25, 0.3) is 10.9 Å². The molecule has 0 bridgehead atoms. The lowest BCUT2D eigenvalue weighted by Gasteiger charge is -2.15. The van der Waals surface area contributed by atoms with E-state index in [0.29, 0.717) is 6.54 Å². The molecule has 0 radical (unpaired) electrons. The van der Waals surface area contributed by atoms with E-state index in [4.69, 9.17) is 0 Å². The predicted molar refractivity (Wildman–Crippen MR) is 104 cm³/mol. The molecule has 1 aromatic heterocycles. The van der Waals surface area contributed by atoms with Crippen LogP contribution < -0.4 is 10.7 Å². The number of fused-ring (bicyclic) bond motifs is 1. The van der Waals surface area contributed by atoms with Gasteiger partial charge >= 0.3 is 0 Å². The number of amides is 2. The second kappa shape index (κ2) is 7.07. The van der Waals surface area contributed by atoms with Gasteiger partial charge < -0.3 is 9.88 Å². The van der Waals surface area contributed by atoms with Crippen molar-refractivity contribution in [2.45, 2.75) is 5.92 Å². The summed E-state index contributed by atoms with van der Waals surface area (Å²) in [5.41, 5.74) is 5.50. The summed E-state index contributed by atoms with van der Waals surface area (Å²) in [6.07, 6.45) is 3.57. The van der Waals surface area contributed by atoms with Gasteiger partial charge in [0.15, 0.2) is 0 Å². The highest BCUT2D eigenvalue weighted by molar-refractivity contribution is 6.04. The summed E-state index contributed by atoms with van der Waals surface area (Å²) in [6, 6.07) is 17.6. The molecule has 2 heterocycles. The zero-order valence-electron chi connectivity index (χ0n) is 14.9. The maximum absolute atomic E-state index is 12.6. The second-order valence-corrected chi connectivity index (χ2v) is 6.69. The van der Waals surface area contributed by atoms with Crippen LogP contribution in [0.2, 0.25) is 0 Å². The molecule has 1 aliphatic heterocycles. The van der Waals surface area contributed by atoms with Gasteiger partial charge in [0.05, 0.1) is 6.21 Å². The fourth-order valence-electron chi connectivity index (χ4n) is 3.64. The van der Waals surface area contributed by atoms with Crippen LogP contribution in [0.3, 0.4) is 0 Å². The summed E-state index contributed by atoms with van der Waals surface area (Å²) >= 11 is 0. The van der Waals surface area contributed by atoms with Gasteiger partial charge in [0.25, 0.3) is 5.91 Å². The molecule has 1 saturated heterocycles. The summed E-state index contributed by atoms with van der Waals surface area (Å²) in [4.78, 5) is 24.8. The number of rotatable bonds is 4. The Bertz CT molecular complexity index is 1020. The molecule has 2 aromatic carbocycles. The lowest BCUT2D eigenvalue weighted by atomic mass is 9.88. The highest BCUT2D eigenvalue weighted by Crippen LogP contribution is 2.29. The first-order valence-electron chi connectivity index (χ1n) is 8.85. The number of aromatic nitrogens is 1. The van der Waals surface area contributed by atoms with Crippen LogP contribution in [0.5, 0.6) is 0 Å². The number of para-hydroxylation sites is 1. The normalized spacial score (nSPS) is 19.5. The van der Waals surface area contributed by atoms with Gasteiger partial charge in [-0.15, -0.1) is 0 Å². The summed E-state index contributed by atoms with van der Waals surface area (Å²) < 4.78 is 2.01. The minimum atomic E-state index is -0.780. The highest BCUT2D eigenvalue weighted by atomic mass is 16.2. The Hall–Kier alpha value is -3.41. The number of hydrazone groups is 1. The van der Waals surface area contributed by atoms with Crippen molar-refractivity contribution in [1.29, 1.82) is 0 Å². The first kappa shape index (κ1) is 17.0. The van der Waals surface area contributed by atoms with E-state index < -0.39 is 11.8 Å². The molecule has 0 saturated carbocycles. The van der Waals surface area contributed by atoms with E-state index in [2.05, 4.69) is 15.8 Å². The highest BCUT2D eigenvalue weighted by Gasteiger charge is 2.40. The van der Waals surface area contributed by atoms with Gasteiger partial charge in [0, 0.05) is 42.2 Å². The van der Waals surface area contributed by atoms with Crippen LogP contribution in [0.15, 0.2) is 65.9 Å². The number of hydrogen-bond donors (Lipinski definition) is 2. The van der Waals surface area contributed by atoms with Gasteiger partial charge in [-0.2, -0.15) is 5.10 Å². The largest absolute Gasteiger partial charge is 0.355 e. The zero-order chi connectivity index (χ0) is 18.8. The van der Waals surface area contributed by atoms with Crippen molar-refractivity contribution in [3.05, 3.63) is 71.9 Å². The standard InChI is InChI=1S/C21H20N4O2/c1-25-13-15(16-9-5-6-10-18(16)25)11-23-24-21(27)19-17(12-22-20(19)26)14-7-3-2-4-8-14/h2-11,13,17,19H,12H2,1H3,(H,22,26)(H,24,27). The topological polar surface area (TPSA) is 75.5 Å². The molecule has 6 heteroatoms. The zero-order valence-corrected chi connectivity index (χ0v) is 14.9. The number of nitrogens with one attached hydrogen (secondary N) is 2. The first-order chi connectivity index (χ1) is 13.1. The van der Waals surface area contributed by atoms with Gasteiger partial charge in [0.2, 0.25) is 5.91 Å². The molecule has 4 rings (SSSR count). The number of carbonyl (C=O) groups excluding carboxylic acids is 2. The van der Waals surface area contributed by atoms with E-state index >= 15 is 0 Å². The molecular formula is C21H20N4O2. The Balaban J connectivity index is 1.51. The van der Waals surface area contributed by atoms with Crippen LogP contribution in [-0.2, 0) is 16.6 Å². The van der Waals surface area contributed by atoms with Crippen LogP contribution >= 0.6 is 0 Å². The number of benzene rings is 2. The fourth-order valence-corrected chi connectivity index (χ4v) is 3.64. The van der Waals surface area contributed by atoms with E-state index in [-0.39, 0.29) is 11.8 Å². The van der Waals surface area contributed by atoms with Crippen molar-refractivity contribution < 1.29 is 9.59 Å². The van der Waals surface area contributed by atoms with Gasteiger partial charge in [-0.05, 0) is 11.6 Å². The maximum atomic E-state index is 12.6. The number of hydrogen-bond acceptors (Lipinski definition) is 3. The number of nitrogens with zero attached hydrogens (tertiary/aromatic N) is 2. The molecule has 2 unspecified atom stereocenters. The molecule has 136 valence electrons. The molecule has 1 fully saturated rings. The van der Waals surface area contributed by atoms with Gasteiger partial charge in [-0.25, -0.2) is 5.43 Å². The average molecular weight is 360 g/mol. The Morgan fingerprint density at radius 2 is 1.93 bits per heavy atom. The van der Waals surface area contributed by atoms with Crippen LogP contribution in [0.1, 0.15) is 17.0 Å². The van der Waals surface area contributed by atoms with Crippen molar-refractivity contribution in [3.8, 4) is 0 Å². The molecule has 1 aliphatic rings. The predicted octanol–water partition coefficient (Wildman–Crippen LogP) is 2.16. The molecular weight excluding hydrogens is 340 g/mol.